The number of benzene rings is 1. The van der Waals surface area contributed by atoms with E-state index in [4.69, 9.17) is 10.00 Å². The van der Waals surface area contributed by atoms with Gasteiger partial charge in [0.2, 0.25) is 0 Å². The summed E-state index contributed by atoms with van der Waals surface area (Å²) in [4.78, 5) is 0. The van der Waals surface area contributed by atoms with Crippen LogP contribution in [-0.4, -0.2) is 6.10 Å². The second kappa shape index (κ2) is 3.95. The predicted octanol–water partition coefficient (Wildman–Crippen LogP) is 2.65. The summed E-state index contributed by atoms with van der Waals surface area (Å²) < 4.78 is 5.46. The molecule has 0 unspecified atom stereocenters. The maximum absolute atomic E-state index is 8.77. The number of aryl methyl sites for hydroxylation is 1. The zero-order valence-electron chi connectivity index (χ0n) is 8.16. The highest BCUT2D eigenvalue weighted by Crippen LogP contribution is 2.17. The van der Waals surface area contributed by atoms with Gasteiger partial charge in [-0.3, -0.25) is 0 Å². The van der Waals surface area contributed by atoms with E-state index in [1.807, 2.05) is 32.9 Å². The van der Waals surface area contributed by atoms with E-state index < -0.39 is 0 Å². The van der Waals surface area contributed by atoms with Crippen molar-refractivity contribution in [2.75, 3.05) is 0 Å². The van der Waals surface area contributed by atoms with Crippen molar-refractivity contribution in [2.45, 2.75) is 26.9 Å². The minimum Gasteiger partial charge on any atom is -0.491 e. The van der Waals surface area contributed by atoms with E-state index in [1.165, 1.54) is 0 Å². The van der Waals surface area contributed by atoms with Gasteiger partial charge < -0.3 is 4.74 Å². The molecule has 0 atom stereocenters. The van der Waals surface area contributed by atoms with Gasteiger partial charge in [-0.2, -0.15) is 5.26 Å². The van der Waals surface area contributed by atoms with Crippen LogP contribution in [0.15, 0.2) is 18.2 Å². The van der Waals surface area contributed by atoms with Gasteiger partial charge in [0.1, 0.15) is 5.75 Å². The van der Waals surface area contributed by atoms with Crippen molar-refractivity contribution in [3.63, 3.8) is 0 Å². The first-order chi connectivity index (χ1) is 6.13. The fourth-order valence-corrected chi connectivity index (χ4v) is 1.07. The molecule has 0 spiro atoms. The molecule has 0 aliphatic carbocycles. The zero-order chi connectivity index (χ0) is 9.84. The maximum atomic E-state index is 8.77. The van der Waals surface area contributed by atoms with E-state index in [0.717, 1.165) is 11.3 Å². The topological polar surface area (TPSA) is 33.0 Å². The molecule has 0 aromatic heterocycles. The van der Waals surface area contributed by atoms with Gasteiger partial charge >= 0.3 is 0 Å². The number of hydrogen-bond donors (Lipinski definition) is 0. The number of nitriles is 1. The molecule has 1 aromatic rings. The quantitative estimate of drug-likeness (QED) is 0.692. The van der Waals surface area contributed by atoms with Crippen LogP contribution in [-0.2, 0) is 0 Å². The van der Waals surface area contributed by atoms with Gasteiger partial charge in [0.25, 0.3) is 0 Å². The average molecular weight is 175 g/mol. The first kappa shape index (κ1) is 9.60. The van der Waals surface area contributed by atoms with Gasteiger partial charge in [0, 0.05) is 0 Å². The Morgan fingerprint density at radius 3 is 2.62 bits per heavy atom. The fraction of sp³-hybridized carbons (Fsp3) is 0.364. The van der Waals surface area contributed by atoms with E-state index in [2.05, 4.69) is 6.07 Å². The van der Waals surface area contributed by atoms with Crippen LogP contribution in [0.25, 0.3) is 0 Å². The third-order valence-electron chi connectivity index (χ3n) is 1.70. The van der Waals surface area contributed by atoms with E-state index in [1.54, 1.807) is 6.07 Å². The fourth-order valence-electron chi connectivity index (χ4n) is 1.07. The lowest BCUT2D eigenvalue weighted by atomic mass is 10.1. The van der Waals surface area contributed by atoms with Crippen molar-refractivity contribution in [1.29, 1.82) is 5.26 Å². The second-order valence-corrected chi connectivity index (χ2v) is 3.26. The molecule has 0 N–H and O–H groups in total. The SMILES string of the molecule is Cc1ccc(OC(C)C)cc1C#N. The average Bonchev–Trinajstić information content (AvgIpc) is 2.07. The molecule has 13 heavy (non-hydrogen) atoms. The van der Waals surface area contributed by atoms with Crippen LogP contribution < -0.4 is 4.74 Å². The van der Waals surface area contributed by atoms with Gasteiger partial charge in [-0.25, -0.2) is 0 Å². The second-order valence-electron chi connectivity index (χ2n) is 3.26. The van der Waals surface area contributed by atoms with Gasteiger partial charge in [0.05, 0.1) is 17.7 Å². The van der Waals surface area contributed by atoms with Crippen LogP contribution in [0, 0.1) is 18.3 Å². The summed E-state index contributed by atoms with van der Waals surface area (Å²) in [5.74, 6) is 0.761. The Balaban J connectivity index is 2.95. The summed E-state index contributed by atoms with van der Waals surface area (Å²) in [6.45, 7) is 5.84. The third-order valence-corrected chi connectivity index (χ3v) is 1.70. The number of hydrogen-bond acceptors (Lipinski definition) is 2. The molecular weight excluding hydrogens is 162 g/mol. The molecule has 68 valence electrons. The van der Waals surface area contributed by atoms with Crippen molar-refractivity contribution in [1.82, 2.24) is 0 Å². The molecule has 0 bridgehead atoms. The number of rotatable bonds is 2. The highest BCUT2D eigenvalue weighted by Gasteiger charge is 2.01. The highest BCUT2D eigenvalue weighted by atomic mass is 16.5. The lowest BCUT2D eigenvalue weighted by Crippen LogP contribution is -2.05. The lowest BCUT2D eigenvalue weighted by molar-refractivity contribution is 0.242. The number of nitrogens with zero attached hydrogens (tertiary/aromatic N) is 1. The molecule has 0 aliphatic heterocycles. The van der Waals surface area contributed by atoms with Crippen LogP contribution >= 0.6 is 0 Å². The predicted molar refractivity (Wildman–Crippen MR) is 51.7 cm³/mol. The van der Waals surface area contributed by atoms with Crippen molar-refractivity contribution >= 4 is 0 Å². The molecular formula is C11H13NO. The molecule has 0 saturated heterocycles. The molecule has 1 aromatic carbocycles. The van der Waals surface area contributed by atoms with Gasteiger partial charge in [-0.1, -0.05) is 6.07 Å². The maximum Gasteiger partial charge on any atom is 0.121 e. The molecule has 0 radical (unpaired) electrons. The lowest BCUT2D eigenvalue weighted by Gasteiger charge is -2.10. The van der Waals surface area contributed by atoms with Gasteiger partial charge in [-0.15, -0.1) is 0 Å². The van der Waals surface area contributed by atoms with Crippen LogP contribution in [0.5, 0.6) is 5.75 Å². The van der Waals surface area contributed by atoms with Crippen molar-refractivity contribution < 1.29 is 4.74 Å². The van der Waals surface area contributed by atoms with E-state index in [9.17, 15) is 0 Å². The minimum atomic E-state index is 0.147. The minimum absolute atomic E-state index is 0.147. The Labute approximate surface area is 78.8 Å². The Kier molecular flexibility index (Phi) is 2.92. The third kappa shape index (κ3) is 2.48. The molecule has 0 saturated carbocycles. The Bertz CT molecular complexity index is 336. The summed E-state index contributed by atoms with van der Waals surface area (Å²) in [5.41, 5.74) is 1.66. The molecule has 2 nitrogen and oxygen atoms in total. The summed E-state index contributed by atoms with van der Waals surface area (Å²) in [6.07, 6.45) is 0.147. The number of ether oxygens (including phenoxy) is 1. The molecule has 0 amide bonds. The summed E-state index contributed by atoms with van der Waals surface area (Å²) in [7, 11) is 0. The molecule has 1 rings (SSSR count). The summed E-state index contributed by atoms with van der Waals surface area (Å²) >= 11 is 0. The molecule has 0 fully saturated rings. The molecule has 0 heterocycles. The first-order valence-corrected chi connectivity index (χ1v) is 4.31. The van der Waals surface area contributed by atoms with Crippen molar-refractivity contribution in [3.05, 3.63) is 29.3 Å². The highest BCUT2D eigenvalue weighted by molar-refractivity contribution is 5.42. The van der Waals surface area contributed by atoms with Gasteiger partial charge in [0.15, 0.2) is 0 Å². The first-order valence-electron chi connectivity index (χ1n) is 4.31. The normalized spacial score (nSPS) is 9.77. The van der Waals surface area contributed by atoms with E-state index in [0.29, 0.717) is 5.56 Å². The molecule has 0 aliphatic rings. The van der Waals surface area contributed by atoms with Gasteiger partial charge in [-0.05, 0) is 38.5 Å². The Hall–Kier alpha value is -1.49. The summed E-state index contributed by atoms with van der Waals surface area (Å²) in [6, 6.07) is 7.69. The van der Waals surface area contributed by atoms with Crippen molar-refractivity contribution in [3.8, 4) is 11.8 Å². The van der Waals surface area contributed by atoms with Crippen LogP contribution in [0.3, 0.4) is 0 Å². The zero-order valence-corrected chi connectivity index (χ0v) is 8.16. The van der Waals surface area contributed by atoms with Crippen LogP contribution in [0.2, 0.25) is 0 Å². The largest absolute Gasteiger partial charge is 0.491 e. The van der Waals surface area contributed by atoms with E-state index >= 15 is 0 Å². The Morgan fingerprint density at radius 2 is 2.08 bits per heavy atom. The Morgan fingerprint density at radius 1 is 1.38 bits per heavy atom. The molecule has 2 heteroatoms. The van der Waals surface area contributed by atoms with Crippen LogP contribution in [0.1, 0.15) is 25.0 Å². The standard InChI is InChI=1S/C11H13NO/c1-8(2)13-11-5-4-9(3)10(6-11)7-12/h4-6,8H,1-3H3. The smallest absolute Gasteiger partial charge is 0.121 e. The monoisotopic (exact) mass is 175 g/mol. The van der Waals surface area contributed by atoms with E-state index in [-0.39, 0.29) is 6.10 Å². The summed E-state index contributed by atoms with van der Waals surface area (Å²) in [5, 5.41) is 8.77. The van der Waals surface area contributed by atoms with Crippen molar-refractivity contribution in [2.24, 2.45) is 0 Å². The van der Waals surface area contributed by atoms with Crippen LogP contribution in [0.4, 0.5) is 0 Å².